The molecule has 7 heteroatoms. The molecule has 0 atom stereocenters. The highest BCUT2D eigenvalue weighted by Crippen LogP contribution is 2.34. The molecule has 0 amide bonds. The van der Waals surface area contributed by atoms with Gasteiger partial charge >= 0.3 is 0 Å². The van der Waals surface area contributed by atoms with Crippen molar-refractivity contribution >= 4 is 39.1 Å². The van der Waals surface area contributed by atoms with Crippen LogP contribution < -0.4 is 14.8 Å². The van der Waals surface area contributed by atoms with Crippen molar-refractivity contribution in [1.29, 1.82) is 0 Å². The largest absolute Gasteiger partial charge is 0.493 e. The smallest absolute Gasteiger partial charge is 0.162 e. The van der Waals surface area contributed by atoms with Gasteiger partial charge in [0.25, 0.3) is 0 Å². The third-order valence-corrected chi connectivity index (χ3v) is 5.90. The molecule has 0 bridgehead atoms. The number of hydrogen-bond acceptors (Lipinski definition) is 3. The lowest BCUT2D eigenvalue weighted by Gasteiger charge is -2.15. The molecule has 0 aliphatic carbocycles. The highest BCUT2D eigenvalue weighted by molar-refractivity contribution is 9.10. The number of methoxy groups -OCH3 is 1. The van der Waals surface area contributed by atoms with Gasteiger partial charge in [-0.25, -0.2) is 4.39 Å². The molecule has 0 saturated carbocycles. The number of hydrogen-bond donors (Lipinski definition) is 1. The zero-order valence-corrected chi connectivity index (χ0v) is 19.5. The lowest BCUT2D eigenvalue weighted by atomic mass is 10.1. The van der Waals surface area contributed by atoms with Crippen molar-refractivity contribution in [3.8, 4) is 11.5 Å². The molecular formula is C23H21BrCl2FNO2. The summed E-state index contributed by atoms with van der Waals surface area (Å²) in [4.78, 5) is 0. The van der Waals surface area contributed by atoms with Crippen molar-refractivity contribution < 1.29 is 13.9 Å². The Bertz CT molecular complexity index is 1020. The van der Waals surface area contributed by atoms with Crippen LogP contribution in [0.15, 0.2) is 59.1 Å². The average Bonchev–Trinajstić information content (AvgIpc) is 2.72. The molecule has 30 heavy (non-hydrogen) atoms. The fraction of sp³-hybridized carbons (Fsp3) is 0.217. The lowest BCUT2D eigenvalue weighted by Crippen LogP contribution is -2.17. The summed E-state index contributed by atoms with van der Waals surface area (Å²) in [6, 6.07) is 15.9. The first kappa shape index (κ1) is 22.9. The maximum Gasteiger partial charge on any atom is 0.162 e. The molecule has 0 heterocycles. The van der Waals surface area contributed by atoms with Gasteiger partial charge in [0.2, 0.25) is 0 Å². The molecular weight excluding hydrogens is 492 g/mol. The molecule has 3 nitrogen and oxygen atoms in total. The second-order valence-corrected chi connectivity index (χ2v) is 8.34. The zero-order valence-electron chi connectivity index (χ0n) is 16.4. The summed E-state index contributed by atoms with van der Waals surface area (Å²) in [5.74, 6) is 1.05. The Kier molecular flexibility index (Phi) is 8.40. The van der Waals surface area contributed by atoms with E-state index in [1.54, 1.807) is 31.4 Å². The molecule has 0 aliphatic heterocycles. The van der Waals surface area contributed by atoms with Crippen LogP contribution >= 0.6 is 39.1 Å². The van der Waals surface area contributed by atoms with Crippen molar-refractivity contribution in [3.05, 3.63) is 91.6 Å². The average molecular weight is 513 g/mol. The summed E-state index contributed by atoms with van der Waals surface area (Å²) in [6.45, 7) is 1.55. The van der Waals surface area contributed by atoms with Crippen LogP contribution in [-0.2, 0) is 19.6 Å². The fourth-order valence-corrected chi connectivity index (χ4v) is 3.85. The lowest BCUT2D eigenvalue weighted by molar-refractivity contribution is 0.284. The molecule has 0 unspecified atom stereocenters. The number of nitrogens with one attached hydrogen (secondary N) is 1. The third-order valence-electron chi connectivity index (χ3n) is 4.58. The standard InChI is InChI=1S/C23H21BrCl2FNO2/c1-29-22-10-17(13-28-9-8-15-4-2-3-5-21(15)27)19(24)12-23(22)30-14-16-6-7-18(25)11-20(16)26/h2-7,10-12,28H,8-9,13-14H2,1H3. The van der Waals surface area contributed by atoms with E-state index in [2.05, 4.69) is 21.2 Å². The number of benzene rings is 3. The normalized spacial score (nSPS) is 10.8. The van der Waals surface area contributed by atoms with Gasteiger partial charge in [0.15, 0.2) is 11.5 Å². The Morgan fingerprint density at radius 1 is 0.967 bits per heavy atom. The monoisotopic (exact) mass is 511 g/mol. The van der Waals surface area contributed by atoms with Gasteiger partial charge in [-0.3, -0.25) is 0 Å². The van der Waals surface area contributed by atoms with Crippen molar-refractivity contribution in [2.45, 2.75) is 19.6 Å². The fourth-order valence-electron chi connectivity index (χ4n) is 2.93. The molecule has 158 valence electrons. The van der Waals surface area contributed by atoms with Gasteiger partial charge in [0, 0.05) is 26.6 Å². The molecule has 0 fully saturated rings. The van der Waals surface area contributed by atoms with Crippen LogP contribution in [0.1, 0.15) is 16.7 Å². The van der Waals surface area contributed by atoms with E-state index in [0.29, 0.717) is 53.2 Å². The number of rotatable bonds is 9. The SMILES string of the molecule is COc1cc(CNCCc2ccccc2F)c(Br)cc1OCc1ccc(Cl)cc1Cl. The van der Waals surface area contributed by atoms with E-state index in [0.717, 1.165) is 15.6 Å². The van der Waals surface area contributed by atoms with E-state index in [9.17, 15) is 4.39 Å². The molecule has 3 aromatic rings. The molecule has 0 aromatic heterocycles. The number of halogens is 4. The summed E-state index contributed by atoms with van der Waals surface area (Å²) < 4.78 is 26.0. The van der Waals surface area contributed by atoms with Crippen molar-refractivity contribution in [1.82, 2.24) is 5.32 Å². The maximum absolute atomic E-state index is 13.7. The molecule has 0 radical (unpaired) electrons. The molecule has 3 rings (SSSR count). The van der Waals surface area contributed by atoms with Crippen LogP contribution in [0.3, 0.4) is 0 Å². The predicted molar refractivity (Wildman–Crippen MR) is 123 cm³/mol. The van der Waals surface area contributed by atoms with Gasteiger partial charge in [0.05, 0.1) is 7.11 Å². The van der Waals surface area contributed by atoms with Crippen LogP contribution in [0.4, 0.5) is 4.39 Å². The highest BCUT2D eigenvalue weighted by Gasteiger charge is 2.12. The van der Waals surface area contributed by atoms with Gasteiger partial charge in [-0.1, -0.05) is 63.4 Å². The minimum absolute atomic E-state index is 0.176. The van der Waals surface area contributed by atoms with Crippen LogP contribution in [0.25, 0.3) is 0 Å². The topological polar surface area (TPSA) is 30.5 Å². The maximum atomic E-state index is 13.7. The summed E-state index contributed by atoms with van der Waals surface area (Å²) in [7, 11) is 1.60. The first-order chi connectivity index (χ1) is 14.5. The summed E-state index contributed by atoms with van der Waals surface area (Å²) in [5, 5.41) is 4.47. The quantitative estimate of drug-likeness (QED) is 0.319. The van der Waals surface area contributed by atoms with E-state index in [4.69, 9.17) is 32.7 Å². The zero-order chi connectivity index (χ0) is 21.5. The summed E-state index contributed by atoms with van der Waals surface area (Å²) in [6.07, 6.45) is 0.616. The molecule has 3 aromatic carbocycles. The molecule has 0 saturated heterocycles. The first-order valence-electron chi connectivity index (χ1n) is 9.35. The van der Waals surface area contributed by atoms with Crippen LogP contribution in [0.5, 0.6) is 11.5 Å². The van der Waals surface area contributed by atoms with Crippen molar-refractivity contribution in [2.24, 2.45) is 0 Å². The minimum Gasteiger partial charge on any atom is -0.493 e. The van der Waals surface area contributed by atoms with Crippen LogP contribution in [-0.4, -0.2) is 13.7 Å². The molecule has 1 N–H and O–H groups in total. The van der Waals surface area contributed by atoms with E-state index >= 15 is 0 Å². The second-order valence-electron chi connectivity index (χ2n) is 6.64. The highest BCUT2D eigenvalue weighted by atomic mass is 79.9. The Morgan fingerprint density at radius 2 is 1.77 bits per heavy atom. The van der Waals surface area contributed by atoms with Gasteiger partial charge in [0.1, 0.15) is 12.4 Å². The van der Waals surface area contributed by atoms with Gasteiger partial charge in [-0.05, 0) is 54.4 Å². The Labute approximate surface area is 194 Å². The minimum atomic E-state index is -0.176. The van der Waals surface area contributed by atoms with E-state index in [1.807, 2.05) is 24.3 Å². The van der Waals surface area contributed by atoms with Gasteiger partial charge in [-0.2, -0.15) is 0 Å². The van der Waals surface area contributed by atoms with E-state index in [-0.39, 0.29) is 5.82 Å². The van der Waals surface area contributed by atoms with E-state index in [1.165, 1.54) is 6.07 Å². The summed E-state index contributed by atoms with van der Waals surface area (Å²) in [5.41, 5.74) is 2.54. The Hall–Kier alpha value is -1.79. The van der Waals surface area contributed by atoms with Gasteiger partial charge < -0.3 is 14.8 Å². The van der Waals surface area contributed by atoms with E-state index < -0.39 is 0 Å². The van der Waals surface area contributed by atoms with Gasteiger partial charge in [-0.15, -0.1) is 0 Å². The first-order valence-corrected chi connectivity index (χ1v) is 10.9. The summed E-state index contributed by atoms with van der Waals surface area (Å²) >= 11 is 15.7. The third kappa shape index (κ3) is 6.11. The van der Waals surface area contributed by atoms with Crippen molar-refractivity contribution in [3.63, 3.8) is 0 Å². The van der Waals surface area contributed by atoms with Crippen LogP contribution in [0.2, 0.25) is 10.0 Å². The predicted octanol–water partition coefficient (Wildman–Crippen LogP) is 6.81. The molecule has 0 aliphatic rings. The molecule has 0 spiro atoms. The van der Waals surface area contributed by atoms with Crippen molar-refractivity contribution in [2.75, 3.05) is 13.7 Å². The van der Waals surface area contributed by atoms with Crippen LogP contribution in [0, 0.1) is 5.82 Å². The number of ether oxygens (including phenoxy) is 2. The Morgan fingerprint density at radius 3 is 2.50 bits per heavy atom. The Balaban J connectivity index is 1.61. The second kappa shape index (κ2) is 11.0.